The van der Waals surface area contributed by atoms with Crippen LogP contribution in [0.15, 0.2) is 231 Å². The first-order valence-electron chi connectivity index (χ1n) is 27.1. The van der Waals surface area contributed by atoms with Gasteiger partial charge in [-0.15, -0.1) is 29.7 Å². The largest absolute Gasteiger partial charge is 0.510 e. The van der Waals surface area contributed by atoms with Gasteiger partial charge in [-0.1, -0.05) is 196 Å². The Morgan fingerprint density at radius 3 is 2.00 bits per heavy atom. The van der Waals surface area contributed by atoms with Gasteiger partial charge in [-0.25, -0.2) is 4.98 Å². The Balaban J connectivity index is 0.00000520. The molecule has 6 heteroatoms. The molecule has 17 rings (SSSR count). The number of rotatable bonds is 5. The molecule has 3 unspecified atom stereocenters. The van der Waals surface area contributed by atoms with Crippen molar-refractivity contribution in [1.29, 1.82) is 0 Å². The third kappa shape index (κ3) is 5.93. The van der Waals surface area contributed by atoms with Gasteiger partial charge in [0.15, 0.2) is 0 Å². The maximum atomic E-state index is 6.77. The quantitative estimate of drug-likeness (QED) is 0.127. The van der Waals surface area contributed by atoms with Gasteiger partial charge in [0.2, 0.25) is 0 Å². The van der Waals surface area contributed by atoms with E-state index in [1.165, 1.54) is 66.8 Å². The van der Waals surface area contributed by atoms with Crippen molar-refractivity contribution < 1.29 is 30.4 Å². The van der Waals surface area contributed by atoms with Gasteiger partial charge < -0.3 is 13.9 Å². The number of nitrogens with zero attached hydrogens (tertiary/aromatic N) is 4. The van der Waals surface area contributed by atoms with Gasteiger partial charge in [0.25, 0.3) is 6.33 Å². The Morgan fingerprint density at radius 2 is 1.15 bits per heavy atom. The second-order valence-electron chi connectivity index (χ2n) is 22.5. The molecule has 4 heterocycles. The number of aromatic nitrogens is 4. The minimum absolute atomic E-state index is 0. The molecule has 13 aromatic rings. The number of hydrogen-bond donors (Lipinski definition) is 0. The first-order chi connectivity index (χ1) is 38.3. The Kier molecular flexibility index (Phi) is 9.69. The van der Waals surface area contributed by atoms with E-state index in [9.17, 15) is 0 Å². The summed E-state index contributed by atoms with van der Waals surface area (Å²) in [6, 6.07) is 90.0. The summed E-state index contributed by atoms with van der Waals surface area (Å²) >= 11 is 0. The van der Waals surface area contributed by atoms with E-state index in [2.05, 4.69) is 259 Å². The molecule has 0 radical (unpaired) electrons. The smallest absolute Gasteiger partial charge is 0.268 e. The van der Waals surface area contributed by atoms with E-state index in [0.717, 1.165) is 61.2 Å². The van der Waals surface area contributed by atoms with Crippen LogP contribution in [0.4, 0.5) is 0 Å². The fourth-order valence-electron chi connectivity index (χ4n) is 14.9. The van der Waals surface area contributed by atoms with Gasteiger partial charge in [-0.05, 0) is 119 Å². The Hall–Kier alpha value is -8.89. The van der Waals surface area contributed by atoms with Crippen molar-refractivity contribution in [2.75, 3.05) is 0 Å². The van der Waals surface area contributed by atoms with Gasteiger partial charge >= 0.3 is 0 Å². The molecule has 0 saturated heterocycles. The summed E-state index contributed by atoms with van der Waals surface area (Å²) in [5.74, 6) is 2.26. The molecule has 4 aliphatic rings. The van der Waals surface area contributed by atoms with E-state index in [0.29, 0.717) is 11.5 Å². The third-order valence-corrected chi connectivity index (χ3v) is 17.8. The van der Waals surface area contributed by atoms with Gasteiger partial charge in [0.1, 0.15) is 5.82 Å². The van der Waals surface area contributed by atoms with Gasteiger partial charge in [0, 0.05) is 55.6 Å². The molecule has 0 N–H and O–H groups in total. The summed E-state index contributed by atoms with van der Waals surface area (Å²) in [6.07, 6.45) is 5.82. The molecule has 10 aromatic carbocycles. The predicted molar refractivity (Wildman–Crippen MR) is 310 cm³/mol. The molecule has 0 amide bonds. The van der Waals surface area contributed by atoms with Gasteiger partial charge in [-0.3, -0.25) is 4.57 Å². The van der Waals surface area contributed by atoms with Gasteiger partial charge in [0.05, 0.1) is 22.1 Å². The summed E-state index contributed by atoms with van der Waals surface area (Å²) in [5.41, 5.74) is 23.4. The number of pyridine rings is 1. The van der Waals surface area contributed by atoms with Crippen LogP contribution in [0.3, 0.4) is 0 Å². The van der Waals surface area contributed by atoms with Crippen molar-refractivity contribution in [1.82, 2.24) is 14.1 Å². The fraction of sp³-hybridized carbons (Fsp3) is 0.0959. The SMILES string of the molecule is CC(C)(C)c1ccnc(-n2c3[c-]c(Oc4[c-]c(-n5[c-][n+]6c7c(cccc75)-c5ccccc5-c5c(cccc5C57c8ccccc8C8c9ccccc9C85c5ccccc57)-c5ccccc5-6)ccc4)ccc3c3ccccc32)c1.[Pt]. The second-order valence-corrected chi connectivity index (χ2v) is 22.5. The summed E-state index contributed by atoms with van der Waals surface area (Å²) in [7, 11) is 0. The average Bonchev–Trinajstić information content (AvgIpc) is 3.75. The van der Waals surface area contributed by atoms with Crippen molar-refractivity contribution in [2.45, 2.75) is 42.9 Å². The number of fused-ring (bicyclic) bond motifs is 17. The van der Waals surface area contributed by atoms with Crippen molar-refractivity contribution in [3.05, 3.63) is 294 Å². The summed E-state index contributed by atoms with van der Waals surface area (Å²) in [6.45, 7) is 6.70. The molecule has 3 aromatic heterocycles. The standard InChI is InChI=1S/C73H48N4O.Pt/c1-71(2,3)45-39-40-74-67(41-45)77-64-35-15-9-22-50(64)52-38-37-48(43-66(52)77)78-47-20-16-19-46(42-47)75-44-76-63-34-14-8-23-51(63)54-27-17-33-62(68(54)53-24-5-4-21-49(53)55-28-18-36-65(75)70(55)76)72-58-29-10-6-25-56(58)69-57-26-7-11-30-59(57)73(69,72)61-32-13-12-31-60(61)72;/h4-41,69H,1-3H3;/q-2;. The number of imidazole rings is 1. The van der Waals surface area contributed by atoms with E-state index < -0.39 is 5.41 Å². The Labute approximate surface area is 473 Å². The number of benzene rings is 10. The zero-order chi connectivity index (χ0) is 51.6. The van der Waals surface area contributed by atoms with Crippen LogP contribution in [0.1, 0.15) is 71.2 Å². The topological polar surface area (TPSA) is 35.9 Å². The molecular weight excluding hydrogens is 1140 g/mol. The molecule has 0 bridgehead atoms. The van der Waals surface area contributed by atoms with E-state index in [-0.39, 0.29) is 37.8 Å². The molecule has 378 valence electrons. The van der Waals surface area contributed by atoms with Crippen LogP contribution in [-0.4, -0.2) is 14.1 Å². The van der Waals surface area contributed by atoms with Crippen LogP contribution in [0.25, 0.3) is 83.4 Å². The van der Waals surface area contributed by atoms with Crippen LogP contribution >= 0.6 is 0 Å². The maximum absolute atomic E-state index is 6.77. The van der Waals surface area contributed by atoms with Crippen LogP contribution in [0.5, 0.6) is 11.5 Å². The predicted octanol–water partition coefficient (Wildman–Crippen LogP) is 16.3. The molecule has 3 aliphatic carbocycles. The Morgan fingerprint density at radius 1 is 0.519 bits per heavy atom. The third-order valence-electron chi connectivity index (χ3n) is 17.8. The molecule has 5 nitrogen and oxygen atoms in total. The summed E-state index contributed by atoms with van der Waals surface area (Å²) in [5, 5.41) is 2.22. The van der Waals surface area contributed by atoms with Crippen molar-refractivity contribution in [3.63, 3.8) is 0 Å². The van der Waals surface area contributed by atoms with Crippen LogP contribution in [-0.2, 0) is 37.3 Å². The zero-order valence-electron chi connectivity index (χ0n) is 43.5. The van der Waals surface area contributed by atoms with Gasteiger partial charge in [-0.2, -0.15) is 18.2 Å². The molecular formula is C73H48N4OPt-2. The molecule has 1 spiro atoms. The zero-order valence-corrected chi connectivity index (χ0v) is 45.8. The minimum atomic E-state index is -0.433. The van der Waals surface area contributed by atoms with Crippen molar-refractivity contribution >= 4 is 32.8 Å². The van der Waals surface area contributed by atoms with E-state index in [1.807, 2.05) is 24.4 Å². The van der Waals surface area contributed by atoms with E-state index >= 15 is 0 Å². The molecule has 1 aliphatic heterocycles. The fourth-order valence-corrected chi connectivity index (χ4v) is 14.9. The van der Waals surface area contributed by atoms with E-state index in [1.54, 1.807) is 0 Å². The number of ether oxygens (including phenoxy) is 1. The van der Waals surface area contributed by atoms with Crippen LogP contribution < -0.4 is 9.30 Å². The first kappa shape index (κ1) is 46.2. The summed E-state index contributed by atoms with van der Waals surface area (Å²) in [4.78, 5) is 4.90. The molecule has 0 saturated carbocycles. The van der Waals surface area contributed by atoms with E-state index in [4.69, 9.17) is 9.72 Å². The number of hydrogen-bond acceptors (Lipinski definition) is 2. The Bertz CT molecular complexity index is 4740. The van der Waals surface area contributed by atoms with Crippen molar-refractivity contribution in [3.8, 4) is 62.1 Å². The van der Waals surface area contributed by atoms with Crippen LogP contribution in [0.2, 0.25) is 0 Å². The van der Waals surface area contributed by atoms with Crippen molar-refractivity contribution in [2.24, 2.45) is 0 Å². The maximum Gasteiger partial charge on any atom is 0.268 e. The average molecular weight is 1190 g/mol. The summed E-state index contributed by atoms with van der Waals surface area (Å²) < 4.78 is 13.4. The normalized spacial score (nSPS) is 17.7. The molecule has 3 atom stereocenters. The monoisotopic (exact) mass is 1190 g/mol. The number of para-hydroxylation sites is 3. The molecule has 79 heavy (non-hydrogen) atoms. The minimum Gasteiger partial charge on any atom is -0.510 e. The molecule has 0 fully saturated rings. The van der Waals surface area contributed by atoms with Crippen LogP contribution in [0, 0.1) is 18.5 Å². The second kappa shape index (κ2) is 16.6. The first-order valence-corrected chi connectivity index (χ1v) is 27.1.